The van der Waals surface area contributed by atoms with Crippen LogP contribution in [0, 0.1) is 6.92 Å². The number of hydrogen-bond donors (Lipinski definition) is 2. The van der Waals surface area contributed by atoms with Gasteiger partial charge in [0.05, 0.1) is 4.75 Å². The van der Waals surface area contributed by atoms with Gasteiger partial charge in [0.25, 0.3) is 0 Å². The number of hydrogen-bond acceptors (Lipinski definition) is 3. The van der Waals surface area contributed by atoms with Gasteiger partial charge in [-0.25, -0.2) is 0 Å². The van der Waals surface area contributed by atoms with E-state index in [0.29, 0.717) is 5.56 Å². The largest absolute Gasteiger partial charge is 0.399 e. The standard InChI is InChI=1S/C23H21NOS/c1-14-6-5-9-22-19(14)13-16-12-17(24)10-11-20(16)23(22,26)21-8-4-3-7-18(21)15(2)25/h3-12,26H,13,24H2,1-2H3. The topological polar surface area (TPSA) is 43.1 Å². The van der Waals surface area contributed by atoms with Crippen LogP contribution in [0.15, 0.2) is 60.7 Å². The molecule has 3 aromatic carbocycles. The summed E-state index contributed by atoms with van der Waals surface area (Å²) in [4.78, 5) is 12.3. The van der Waals surface area contributed by atoms with Crippen molar-refractivity contribution < 1.29 is 4.79 Å². The summed E-state index contributed by atoms with van der Waals surface area (Å²) >= 11 is 5.25. The molecule has 1 aliphatic carbocycles. The molecule has 26 heavy (non-hydrogen) atoms. The third-order valence-electron chi connectivity index (χ3n) is 5.38. The van der Waals surface area contributed by atoms with E-state index in [9.17, 15) is 4.79 Å². The Morgan fingerprint density at radius 2 is 1.73 bits per heavy atom. The molecular weight excluding hydrogens is 338 g/mol. The maximum atomic E-state index is 12.3. The first-order chi connectivity index (χ1) is 12.4. The third-order valence-corrected chi connectivity index (χ3v) is 6.11. The molecule has 1 unspecified atom stereocenters. The minimum absolute atomic E-state index is 0.0470. The average Bonchev–Trinajstić information content (AvgIpc) is 2.62. The molecule has 0 heterocycles. The van der Waals surface area contributed by atoms with Crippen molar-refractivity contribution in [2.24, 2.45) is 0 Å². The van der Waals surface area contributed by atoms with Crippen molar-refractivity contribution in [3.63, 3.8) is 0 Å². The molecule has 3 heteroatoms. The lowest BCUT2D eigenvalue weighted by Crippen LogP contribution is -2.31. The molecule has 2 nitrogen and oxygen atoms in total. The third kappa shape index (κ3) is 2.38. The summed E-state index contributed by atoms with van der Waals surface area (Å²) in [6.07, 6.45) is 0.826. The molecule has 130 valence electrons. The van der Waals surface area contributed by atoms with Gasteiger partial charge < -0.3 is 5.73 Å². The van der Waals surface area contributed by atoms with Gasteiger partial charge in [-0.3, -0.25) is 4.79 Å². The highest BCUT2D eigenvalue weighted by atomic mass is 32.1. The molecule has 2 N–H and O–H groups in total. The molecule has 1 atom stereocenters. The minimum atomic E-state index is -0.690. The lowest BCUT2D eigenvalue weighted by atomic mass is 9.71. The van der Waals surface area contributed by atoms with Gasteiger partial charge in [-0.05, 0) is 65.8 Å². The zero-order valence-electron chi connectivity index (χ0n) is 14.9. The van der Waals surface area contributed by atoms with E-state index in [2.05, 4.69) is 31.2 Å². The van der Waals surface area contributed by atoms with Gasteiger partial charge in [0.2, 0.25) is 0 Å². The lowest BCUT2D eigenvalue weighted by molar-refractivity contribution is 0.101. The Morgan fingerprint density at radius 3 is 2.50 bits per heavy atom. The van der Waals surface area contributed by atoms with E-state index >= 15 is 0 Å². The van der Waals surface area contributed by atoms with Gasteiger partial charge in [0, 0.05) is 11.3 Å². The summed E-state index contributed by atoms with van der Waals surface area (Å²) in [6.45, 7) is 3.74. The first-order valence-electron chi connectivity index (χ1n) is 8.73. The molecule has 4 rings (SSSR count). The number of Topliss-reactive ketones (excluding diaryl/α,β-unsaturated/α-hetero) is 1. The van der Waals surface area contributed by atoms with Crippen LogP contribution >= 0.6 is 12.6 Å². The second kappa shape index (κ2) is 6.03. The second-order valence-corrected chi connectivity index (χ2v) is 7.68. The van der Waals surface area contributed by atoms with E-state index in [0.717, 1.165) is 28.8 Å². The summed E-state index contributed by atoms with van der Waals surface area (Å²) in [6, 6.07) is 20.1. The van der Waals surface area contributed by atoms with Crippen LogP contribution in [0.1, 0.15) is 50.7 Å². The normalized spacial score (nSPS) is 18.1. The Kier molecular flexibility index (Phi) is 3.92. The Morgan fingerprint density at radius 1 is 1.00 bits per heavy atom. The van der Waals surface area contributed by atoms with E-state index < -0.39 is 4.75 Å². The van der Waals surface area contributed by atoms with E-state index in [-0.39, 0.29) is 5.78 Å². The summed E-state index contributed by atoms with van der Waals surface area (Å²) in [5.41, 5.74) is 14.3. The highest BCUT2D eigenvalue weighted by Gasteiger charge is 2.41. The molecule has 0 saturated heterocycles. The smallest absolute Gasteiger partial charge is 0.160 e. The number of fused-ring (bicyclic) bond motifs is 2. The maximum Gasteiger partial charge on any atom is 0.160 e. The number of thiol groups is 1. The zero-order chi connectivity index (χ0) is 18.5. The Balaban J connectivity index is 2.12. The molecule has 0 aromatic heterocycles. The van der Waals surface area contributed by atoms with Crippen molar-refractivity contribution in [2.75, 3.05) is 5.73 Å². The molecule has 1 aliphatic rings. The van der Waals surface area contributed by atoms with Gasteiger partial charge in [-0.2, -0.15) is 12.6 Å². The van der Waals surface area contributed by atoms with Crippen LogP contribution in [0.3, 0.4) is 0 Å². The Bertz CT molecular complexity index is 1040. The molecule has 0 fully saturated rings. The highest BCUT2D eigenvalue weighted by molar-refractivity contribution is 7.81. The number of aryl methyl sites for hydroxylation is 1. The fourth-order valence-electron chi connectivity index (χ4n) is 4.12. The molecule has 0 spiro atoms. The van der Waals surface area contributed by atoms with E-state index in [4.69, 9.17) is 18.4 Å². The number of nitrogen functional groups attached to an aromatic ring is 1. The van der Waals surface area contributed by atoms with Crippen molar-refractivity contribution in [1.29, 1.82) is 0 Å². The number of carbonyl (C=O) groups is 1. The monoisotopic (exact) mass is 359 g/mol. The zero-order valence-corrected chi connectivity index (χ0v) is 15.8. The van der Waals surface area contributed by atoms with Crippen molar-refractivity contribution in [2.45, 2.75) is 25.0 Å². The van der Waals surface area contributed by atoms with Crippen molar-refractivity contribution >= 4 is 24.1 Å². The Hall–Kier alpha value is -2.52. The number of anilines is 1. The van der Waals surface area contributed by atoms with E-state index in [1.54, 1.807) is 6.92 Å². The van der Waals surface area contributed by atoms with Gasteiger partial charge in [0.1, 0.15) is 0 Å². The van der Waals surface area contributed by atoms with Crippen LogP contribution in [-0.2, 0) is 11.2 Å². The van der Waals surface area contributed by atoms with Crippen LogP contribution < -0.4 is 5.73 Å². The minimum Gasteiger partial charge on any atom is -0.399 e. The van der Waals surface area contributed by atoms with Crippen LogP contribution in [-0.4, -0.2) is 5.78 Å². The van der Waals surface area contributed by atoms with Gasteiger partial charge in [-0.15, -0.1) is 0 Å². The van der Waals surface area contributed by atoms with E-state index in [1.807, 2.05) is 36.4 Å². The lowest BCUT2D eigenvalue weighted by Gasteiger charge is -2.39. The first-order valence-corrected chi connectivity index (χ1v) is 9.18. The van der Waals surface area contributed by atoms with Gasteiger partial charge >= 0.3 is 0 Å². The number of nitrogens with two attached hydrogens (primary N) is 1. The number of ketones is 1. The first kappa shape index (κ1) is 16.9. The van der Waals surface area contributed by atoms with Crippen molar-refractivity contribution in [1.82, 2.24) is 0 Å². The number of rotatable bonds is 2. The quantitative estimate of drug-likeness (QED) is 0.388. The van der Waals surface area contributed by atoms with Crippen LogP contribution in [0.5, 0.6) is 0 Å². The predicted octanol–water partition coefficient (Wildman–Crippen LogP) is 4.91. The molecule has 0 aliphatic heterocycles. The van der Waals surface area contributed by atoms with Gasteiger partial charge in [0.15, 0.2) is 5.78 Å². The molecule has 3 aromatic rings. The summed E-state index contributed by atoms with van der Waals surface area (Å²) < 4.78 is -0.690. The van der Waals surface area contributed by atoms with Crippen LogP contribution in [0.25, 0.3) is 0 Å². The number of benzene rings is 3. The highest BCUT2D eigenvalue weighted by Crippen LogP contribution is 2.50. The van der Waals surface area contributed by atoms with Gasteiger partial charge in [-0.1, -0.05) is 48.5 Å². The molecule has 0 radical (unpaired) electrons. The number of carbonyl (C=O) groups excluding carboxylic acids is 1. The average molecular weight is 359 g/mol. The molecular formula is C23H21NOS. The SMILES string of the molecule is CC(=O)c1ccccc1C1(S)c2ccc(N)cc2Cc2c(C)cccc21. The van der Waals surface area contributed by atoms with Crippen molar-refractivity contribution in [3.8, 4) is 0 Å². The molecule has 0 saturated carbocycles. The van der Waals surface area contributed by atoms with Crippen LogP contribution in [0.2, 0.25) is 0 Å². The van der Waals surface area contributed by atoms with Crippen LogP contribution in [0.4, 0.5) is 5.69 Å². The fraction of sp³-hybridized carbons (Fsp3) is 0.174. The summed E-state index contributed by atoms with van der Waals surface area (Å²) in [7, 11) is 0. The fourth-order valence-corrected chi connectivity index (χ4v) is 4.74. The molecule has 0 bridgehead atoms. The summed E-state index contributed by atoms with van der Waals surface area (Å²) in [5.74, 6) is 0.0470. The van der Waals surface area contributed by atoms with E-state index in [1.165, 1.54) is 16.7 Å². The Labute approximate surface area is 159 Å². The maximum absolute atomic E-state index is 12.3. The van der Waals surface area contributed by atoms with Crippen molar-refractivity contribution in [3.05, 3.63) is 99.6 Å². The molecule has 0 amide bonds. The summed E-state index contributed by atoms with van der Waals surface area (Å²) in [5, 5.41) is 0. The second-order valence-electron chi connectivity index (χ2n) is 7.01. The predicted molar refractivity (Wildman–Crippen MR) is 110 cm³/mol.